The summed E-state index contributed by atoms with van der Waals surface area (Å²) in [5, 5.41) is 0. The minimum absolute atomic E-state index is 0.0123. The molecule has 3 saturated carbocycles. The molecule has 1 aromatic rings. The van der Waals surface area contributed by atoms with Gasteiger partial charge in [-0.25, -0.2) is 0 Å². The van der Waals surface area contributed by atoms with Crippen LogP contribution in [0.15, 0.2) is 35.4 Å². The van der Waals surface area contributed by atoms with Crippen molar-refractivity contribution >= 4 is 17.8 Å². The van der Waals surface area contributed by atoms with E-state index in [1.807, 2.05) is 12.1 Å². The van der Waals surface area contributed by atoms with Gasteiger partial charge in [-0.05, 0) is 117 Å². The Hall–Kier alpha value is -2.60. The highest BCUT2D eigenvalue weighted by Gasteiger charge is 2.60. The standard InChI is InChI=1S/C36H49NO5/c1-24(38)42-28-12-14-35(2)27(23-28)9-10-29-30(35)13-15-36(3)31(29)22-26(34(36)39)20-25-8-11-32(33(21-25)40-4)41-19-18-37-16-6-5-7-17-37/h8-9,11,20-21,28-31H,5-7,10,12-19,22-23H2,1-4H3/b26-20+/t28-,29+,30-,31-,35-,36-/m0/s1. The van der Waals surface area contributed by atoms with Crippen molar-refractivity contribution in [3.8, 4) is 11.5 Å². The van der Waals surface area contributed by atoms with Crippen LogP contribution in [0.25, 0.3) is 6.08 Å². The second-order valence-corrected chi connectivity index (χ2v) is 14.1. The minimum atomic E-state index is -0.286. The number of rotatable bonds is 7. The van der Waals surface area contributed by atoms with Crippen LogP contribution in [0.5, 0.6) is 11.5 Å². The van der Waals surface area contributed by atoms with E-state index in [1.54, 1.807) is 7.11 Å². The zero-order valence-corrected chi connectivity index (χ0v) is 26.1. The highest BCUT2D eigenvalue weighted by molar-refractivity contribution is 6.06. The fraction of sp³-hybridized carbons (Fsp3) is 0.667. The molecule has 1 aromatic carbocycles. The average Bonchev–Trinajstić information content (AvgIpc) is 3.23. The summed E-state index contributed by atoms with van der Waals surface area (Å²) in [5.41, 5.74) is 3.30. The number of hydrogen-bond acceptors (Lipinski definition) is 6. The molecule has 6 nitrogen and oxygen atoms in total. The van der Waals surface area contributed by atoms with Crippen molar-refractivity contribution < 1.29 is 23.8 Å². The van der Waals surface area contributed by atoms with Crippen LogP contribution in [0.2, 0.25) is 0 Å². The molecule has 0 N–H and O–H groups in total. The number of methoxy groups -OCH3 is 1. The number of Topliss-reactive ketones (excluding diaryl/α,β-unsaturated/α-hetero) is 1. The average molecular weight is 576 g/mol. The highest BCUT2D eigenvalue weighted by Crippen LogP contribution is 2.65. The molecule has 228 valence electrons. The molecule has 0 spiro atoms. The van der Waals surface area contributed by atoms with Gasteiger partial charge in [0.1, 0.15) is 12.7 Å². The summed E-state index contributed by atoms with van der Waals surface area (Å²) < 4.78 is 17.4. The lowest BCUT2D eigenvalue weighted by atomic mass is 9.48. The van der Waals surface area contributed by atoms with Gasteiger partial charge in [-0.15, -0.1) is 0 Å². The molecule has 0 radical (unpaired) electrons. The van der Waals surface area contributed by atoms with E-state index in [-0.39, 0.29) is 22.9 Å². The van der Waals surface area contributed by atoms with Gasteiger partial charge < -0.3 is 14.2 Å². The molecule has 0 unspecified atom stereocenters. The predicted molar refractivity (Wildman–Crippen MR) is 164 cm³/mol. The maximum Gasteiger partial charge on any atom is 0.302 e. The summed E-state index contributed by atoms with van der Waals surface area (Å²) in [6.45, 7) is 10.1. The molecule has 0 amide bonds. The lowest BCUT2D eigenvalue weighted by Gasteiger charge is -2.56. The summed E-state index contributed by atoms with van der Waals surface area (Å²) in [5.74, 6) is 3.12. The third-order valence-corrected chi connectivity index (χ3v) is 11.7. The number of likely N-dealkylation sites (tertiary alicyclic amines) is 1. The lowest BCUT2D eigenvalue weighted by Crippen LogP contribution is -2.50. The van der Waals surface area contributed by atoms with Crippen LogP contribution < -0.4 is 9.47 Å². The first-order valence-electron chi connectivity index (χ1n) is 16.4. The smallest absolute Gasteiger partial charge is 0.302 e. The molecule has 6 atom stereocenters. The fourth-order valence-corrected chi connectivity index (χ4v) is 9.32. The topological polar surface area (TPSA) is 65.1 Å². The predicted octanol–water partition coefficient (Wildman–Crippen LogP) is 7.02. The third kappa shape index (κ3) is 5.44. The molecular formula is C36H49NO5. The molecular weight excluding hydrogens is 526 g/mol. The van der Waals surface area contributed by atoms with Gasteiger partial charge in [0, 0.05) is 25.3 Å². The quantitative estimate of drug-likeness (QED) is 0.198. The Morgan fingerprint density at radius 2 is 1.81 bits per heavy atom. The monoisotopic (exact) mass is 575 g/mol. The van der Waals surface area contributed by atoms with Gasteiger partial charge in [0.15, 0.2) is 17.3 Å². The van der Waals surface area contributed by atoms with Gasteiger partial charge in [0.2, 0.25) is 0 Å². The largest absolute Gasteiger partial charge is 0.493 e. The number of piperidine rings is 1. The van der Waals surface area contributed by atoms with Gasteiger partial charge in [0.05, 0.1) is 7.11 Å². The van der Waals surface area contributed by atoms with Crippen LogP contribution in [0.3, 0.4) is 0 Å². The van der Waals surface area contributed by atoms with E-state index >= 15 is 0 Å². The number of ether oxygens (including phenoxy) is 3. The van der Waals surface area contributed by atoms with E-state index in [4.69, 9.17) is 14.2 Å². The normalized spacial score (nSPS) is 35.6. The Morgan fingerprint density at radius 1 is 1.02 bits per heavy atom. The Kier molecular flexibility index (Phi) is 8.30. The Morgan fingerprint density at radius 3 is 2.57 bits per heavy atom. The van der Waals surface area contributed by atoms with Gasteiger partial charge in [-0.3, -0.25) is 14.5 Å². The van der Waals surface area contributed by atoms with Crippen molar-refractivity contribution in [3.63, 3.8) is 0 Å². The second-order valence-electron chi connectivity index (χ2n) is 14.1. The molecule has 6 rings (SSSR count). The number of benzene rings is 1. The number of ketones is 1. The van der Waals surface area contributed by atoms with Gasteiger partial charge in [0.25, 0.3) is 0 Å². The van der Waals surface area contributed by atoms with Gasteiger partial charge in [-0.1, -0.05) is 38.0 Å². The van der Waals surface area contributed by atoms with Crippen molar-refractivity contribution in [1.29, 1.82) is 0 Å². The number of nitrogens with zero attached hydrogens (tertiary/aromatic N) is 1. The summed E-state index contributed by atoms with van der Waals surface area (Å²) in [6, 6.07) is 6.07. The van der Waals surface area contributed by atoms with E-state index in [1.165, 1.54) is 31.8 Å². The molecule has 4 aliphatic carbocycles. The van der Waals surface area contributed by atoms with Crippen LogP contribution in [0, 0.1) is 28.6 Å². The summed E-state index contributed by atoms with van der Waals surface area (Å²) in [6.07, 6.45) is 15.3. The maximum atomic E-state index is 14.0. The zero-order valence-electron chi connectivity index (χ0n) is 26.1. The van der Waals surface area contributed by atoms with E-state index in [0.29, 0.717) is 30.1 Å². The lowest BCUT2D eigenvalue weighted by molar-refractivity contribution is -0.148. The molecule has 1 aliphatic heterocycles. The molecule has 4 fully saturated rings. The number of esters is 1. The number of fused-ring (bicyclic) bond motifs is 5. The van der Waals surface area contributed by atoms with Crippen molar-refractivity contribution in [1.82, 2.24) is 4.90 Å². The molecule has 1 saturated heterocycles. The SMILES string of the molecule is COc1cc(/C=C2\C[C@H]3[C@@H]4CC=C5C[C@@H](OC(C)=O)CC[C@]5(C)[C@H]4CC[C@]3(C)C2=O)ccc1OCCN1CCCCC1. The summed E-state index contributed by atoms with van der Waals surface area (Å²) >= 11 is 0. The number of carbonyl (C=O) groups excluding carboxylic acids is 2. The van der Waals surface area contributed by atoms with Crippen LogP contribution in [-0.2, 0) is 14.3 Å². The second kappa shape index (κ2) is 11.8. The van der Waals surface area contributed by atoms with Crippen LogP contribution in [-0.4, -0.2) is 56.1 Å². The van der Waals surface area contributed by atoms with Crippen LogP contribution in [0.1, 0.15) is 90.5 Å². The van der Waals surface area contributed by atoms with Crippen LogP contribution >= 0.6 is 0 Å². The third-order valence-electron chi connectivity index (χ3n) is 11.7. The van der Waals surface area contributed by atoms with E-state index in [9.17, 15) is 9.59 Å². The van der Waals surface area contributed by atoms with E-state index < -0.39 is 0 Å². The zero-order chi connectivity index (χ0) is 29.5. The summed E-state index contributed by atoms with van der Waals surface area (Å²) in [4.78, 5) is 28.0. The van der Waals surface area contributed by atoms with Crippen molar-refractivity contribution in [2.45, 2.75) is 91.1 Å². The first-order chi connectivity index (χ1) is 20.2. The van der Waals surface area contributed by atoms with Crippen molar-refractivity contribution in [2.75, 3.05) is 33.4 Å². The molecule has 5 aliphatic rings. The molecule has 0 bridgehead atoms. The van der Waals surface area contributed by atoms with E-state index in [0.717, 1.165) is 87.2 Å². The molecule has 0 aromatic heterocycles. The summed E-state index contributed by atoms with van der Waals surface area (Å²) in [7, 11) is 1.69. The molecule has 42 heavy (non-hydrogen) atoms. The fourth-order valence-electron chi connectivity index (χ4n) is 9.32. The number of hydrogen-bond donors (Lipinski definition) is 0. The highest BCUT2D eigenvalue weighted by atomic mass is 16.5. The van der Waals surface area contributed by atoms with Gasteiger partial charge in [-0.2, -0.15) is 0 Å². The molecule has 1 heterocycles. The van der Waals surface area contributed by atoms with Crippen LogP contribution in [0.4, 0.5) is 0 Å². The minimum Gasteiger partial charge on any atom is -0.493 e. The van der Waals surface area contributed by atoms with Crippen molar-refractivity contribution in [2.24, 2.45) is 28.6 Å². The first-order valence-corrected chi connectivity index (χ1v) is 16.4. The molecule has 6 heteroatoms. The Labute approximate surface area is 251 Å². The first kappa shape index (κ1) is 29.5. The number of allylic oxidation sites excluding steroid dienone is 2. The van der Waals surface area contributed by atoms with E-state index in [2.05, 4.69) is 37.0 Å². The number of carbonyl (C=O) groups is 2. The Bertz CT molecular complexity index is 1260. The van der Waals surface area contributed by atoms with Gasteiger partial charge >= 0.3 is 5.97 Å². The van der Waals surface area contributed by atoms with Crippen molar-refractivity contribution in [3.05, 3.63) is 41.0 Å². The Balaban J connectivity index is 1.16. The maximum absolute atomic E-state index is 14.0.